The molecule has 3 aromatic carbocycles. The molecule has 0 aliphatic carbocycles. The van der Waals surface area contributed by atoms with Crippen LogP contribution in [0, 0.1) is 0 Å². The van der Waals surface area contributed by atoms with Crippen LogP contribution in [0.5, 0.6) is 0 Å². The lowest BCUT2D eigenvalue weighted by Gasteiger charge is -2.11. The van der Waals surface area contributed by atoms with Crippen molar-refractivity contribution >= 4 is 63.7 Å². The Balaban J connectivity index is 1.63. The van der Waals surface area contributed by atoms with E-state index in [1.165, 1.54) is 0 Å². The normalized spacial score (nSPS) is 10.1. The van der Waals surface area contributed by atoms with Crippen LogP contribution in [0.1, 0.15) is 20.7 Å². The molecule has 3 rings (SSSR count). The van der Waals surface area contributed by atoms with E-state index in [9.17, 15) is 9.59 Å². The molecule has 0 saturated heterocycles. The average Bonchev–Trinajstić information content (AvgIpc) is 2.68. The van der Waals surface area contributed by atoms with Gasteiger partial charge >= 0.3 is 0 Å². The lowest BCUT2D eigenvalue weighted by atomic mass is 10.2. The topological polar surface area (TPSA) is 70.2 Å². The van der Waals surface area contributed by atoms with Gasteiger partial charge in [-0.15, -0.1) is 0 Å². The number of carbonyl (C=O) groups excluding carboxylic acids is 2. The third kappa shape index (κ3) is 6.02. The summed E-state index contributed by atoms with van der Waals surface area (Å²) in [5, 5.41) is 9.42. The summed E-state index contributed by atoms with van der Waals surface area (Å²) in [6, 6.07) is 20.0. The Bertz CT molecular complexity index is 1070. The SMILES string of the molecule is O=C(NC(=S)Nc1cccc(C(=O)Nc2cccc(Cl)c2)c1)c1ccc(Cl)cc1. The van der Waals surface area contributed by atoms with Gasteiger partial charge in [0.1, 0.15) is 0 Å². The molecule has 0 heterocycles. The summed E-state index contributed by atoms with van der Waals surface area (Å²) in [6.45, 7) is 0. The Kier molecular flexibility index (Phi) is 6.82. The van der Waals surface area contributed by atoms with Crippen LogP contribution < -0.4 is 16.0 Å². The molecule has 8 heteroatoms. The van der Waals surface area contributed by atoms with Crippen molar-refractivity contribution in [3.63, 3.8) is 0 Å². The second kappa shape index (κ2) is 9.52. The van der Waals surface area contributed by atoms with Gasteiger partial charge in [0, 0.05) is 32.5 Å². The molecule has 0 aromatic heterocycles. The molecule has 0 spiro atoms. The summed E-state index contributed by atoms with van der Waals surface area (Å²) in [5.41, 5.74) is 1.99. The van der Waals surface area contributed by atoms with E-state index in [1.807, 2.05) is 0 Å². The molecule has 3 aromatic rings. The Morgan fingerprint density at radius 2 is 1.34 bits per heavy atom. The lowest BCUT2D eigenvalue weighted by Crippen LogP contribution is -2.34. The first-order valence-electron chi connectivity index (χ1n) is 8.45. The molecule has 5 nitrogen and oxygen atoms in total. The fourth-order valence-corrected chi connectivity index (χ4v) is 2.97. The van der Waals surface area contributed by atoms with Gasteiger partial charge in [0.05, 0.1) is 0 Å². The Labute approximate surface area is 183 Å². The van der Waals surface area contributed by atoms with Crippen LogP contribution in [0.2, 0.25) is 10.0 Å². The molecular formula is C21H15Cl2N3O2S. The highest BCUT2D eigenvalue weighted by atomic mass is 35.5. The Morgan fingerprint density at radius 1 is 0.690 bits per heavy atom. The van der Waals surface area contributed by atoms with Crippen molar-refractivity contribution < 1.29 is 9.59 Å². The number of nitrogens with one attached hydrogen (secondary N) is 3. The van der Waals surface area contributed by atoms with Crippen LogP contribution in [0.15, 0.2) is 72.8 Å². The molecule has 0 atom stereocenters. The van der Waals surface area contributed by atoms with Crippen molar-refractivity contribution in [1.29, 1.82) is 0 Å². The van der Waals surface area contributed by atoms with E-state index in [2.05, 4.69) is 16.0 Å². The minimum atomic E-state index is -0.367. The van der Waals surface area contributed by atoms with Crippen molar-refractivity contribution in [1.82, 2.24) is 5.32 Å². The standard InChI is InChI=1S/C21H15Cl2N3O2S/c22-15-9-7-13(8-10-15)19(27)26-21(29)25-17-5-1-3-14(11-17)20(28)24-18-6-2-4-16(23)12-18/h1-12H,(H,24,28)(H2,25,26,27,29). The molecular weight excluding hydrogens is 429 g/mol. The van der Waals surface area contributed by atoms with E-state index in [0.717, 1.165) is 0 Å². The molecule has 0 radical (unpaired) electrons. The van der Waals surface area contributed by atoms with Crippen LogP contribution in [-0.4, -0.2) is 16.9 Å². The summed E-state index contributed by atoms with van der Waals surface area (Å²) >= 11 is 16.9. The minimum absolute atomic E-state index is 0.109. The minimum Gasteiger partial charge on any atom is -0.332 e. The predicted octanol–water partition coefficient (Wildman–Crippen LogP) is 5.37. The van der Waals surface area contributed by atoms with E-state index in [1.54, 1.807) is 72.8 Å². The second-order valence-corrected chi connectivity index (χ2v) is 7.24. The maximum Gasteiger partial charge on any atom is 0.257 e. The summed E-state index contributed by atoms with van der Waals surface area (Å²) in [4.78, 5) is 24.7. The molecule has 0 aliphatic rings. The van der Waals surface area contributed by atoms with E-state index in [0.29, 0.717) is 32.5 Å². The third-order valence-electron chi connectivity index (χ3n) is 3.80. The zero-order valence-electron chi connectivity index (χ0n) is 14.9. The van der Waals surface area contributed by atoms with Gasteiger partial charge in [-0.05, 0) is 72.9 Å². The first-order chi connectivity index (χ1) is 13.9. The molecule has 0 saturated carbocycles. The highest BCUT2D eigenvalue weighted by Crippen LogP contribution is 2.17. The molecule has 146 valence electrons. The van der Waals surface area contributed by atoms with Gasteiger partial charge in [-0.25, -0.2) is 0 Å². The number of hydrogen-bond donors (Lipinski definition) is 3. The van der Waals surface area contributed by atoms with E-state index in [-0.39, 0.29) is 16.9 Å². The first-order valence-corrected chi connectivity index (χ1v) is 9.62. The van der Waals surface area contributed by atoms with Gasteiger partial charge in [0.15, 0.2) is 5.11 Å². The highest BCUT2D eigenvalue weighted by Gasteiger charge is 2.10. The van der Waals surface area contributed by atoms with E-state index >= 15 is 0 Å². The van der Waals surface area contributed by atoms with E-state index in [4.69, 9.17) is 35.4 Å². The maximum absolute atomic E-state index is 12.5. The van der Waals surface area contributed by atoms with Gasteiger partial charge in [-0.3, -0.25) is 14.9 Å². The number of thiocarbonyl (C=S) groups is 1. The number of halogens is 2. The van der Waals surface area contributed by atoms with Gasteiger partial charge in [0.25, 0.3) is 11.8 Å². The number of amides is 2. The van der Waals surface area contributed by atoms with Crippen LogP contribution in [-0.2, 0) is 0 Å². The zero-order valence-corrected chi connectivity index (χ0v) is 17.2. The number of carbonyl (C=O) groups is 2. The quantitative estimate of drug-likeness (QED) is 0.473. The smallest absolute Gasteiger partial charge is 0.257 e. The maximum atomic E-state index is 12.5. The number of anilines is 2. The summed E-state index contributed by atoms with van der Waals surface area (Å²) in [6.07, 6.45) is 0. The van der Waals surface area contributed by atoms with Gasteiger partial charge < -0.3 is 10.6 Å². The van der Waals surface area contributed by atoms with Crippen molar-refractivity contribution in [2.75, 3.05) is 10.6 Å². The summed E-state index contributed by atoms with van der Waals surface area (Å²) in [7, 11) is 0. The number of hydrogen-bond acceptors (Lipinski definition) is 3. The second-order valence-electron chi connectivity index (χ2n) is 5.96. The van der Waals surface area contributed by atoms with Crippen molar-refractivity contribution in [3.8, 4) is 0 Å². The molecule has 0 aliphatic heterocycles. The monoisotopic (exact) mass is 443 g/mol. The van der Waals surface area contributed by atoms with Gasteiger partial charge in [-0.2, -0.15) is 0 Å². The summed E-state index contributed by atoms with van der Waals surface area (Å²) in [5.74, 6) is -0.666. The first kappa shape index (κ1) is 20.8. The van der Waals surface area contributed by atoms with Crippen LogP contribution in [0.3, 0.4) is 0 Å². The van der Waals surface area contributed by atoms with Crippen molar-refractivity contribution in [2.24, 2.45) is 0 Å². The number of benzene rings is 3. The predicted molar refractivity (Wildman–Crippen MR) is 121 cm³/mol. The van der Waals surface area contributed by atoms with E-state index < -0.39 is 0 Å². The molecule has 0 fully saturated rings. The van der Waals surface area contributed by atoms with Crippen molar-refractivity contribution in [2.45, 2.75) is 0 Å². The van der Waals surface area contributed by atoms with Crippen molar-refractivity contribution in [3.05, 3.63) is 94.0 Å². The lowest BCUT2D eigenvalue weighted by molar-refractivity contribution is 0.0976. The summed E-state index contributed by atoms with van der Waals surface area (Å²) < 4.78 is 0. The van der Waals surface area contributed by atoms with Gasteiger partial charge in [-0.1, -0.05) is 35.3 Å². The molecule has 0 bridgehead atoms. The average molecular weight is 444 g/mol. The Morgan fingerprint density at radius 3 is 2.03 bits per heavy atom. The molecule has 3 N–H and O–H groups in total. The van der Waals surface area contributed by atoms with Crippen LogP contribution in [0.25, 0.3) is 0 Å². The van der Waals surface area contributed by atoms with Crippen LogP contribution >= 0.6 is 35.4 Å². The zero-order chi connectivity index (χ0) is 20.8. The largest absolute Gasteiger partial charge is 0.332 e. The van der Waals surface area contributed by atoms with Crippen LogP contribution in [0.4, 0.5) is 11.4 Å². The fraction of sp³-hybridized carbons (Fsp3) is 0. The number of rotatable bonds is 4. The third-order valence-corrected chi connectivity index (χ3v) is 4.49. The van der Waals surface area contributed by atoms with Gasteiger partial charge in [0.2, 0.25) is 0 Å². The Hall–Kier alpha value is -2.93. The highest BCUT2D eigenvalue weighted by molar-refractivity contribution is 7.80. The molecule has 2 amide bonds. The fourth-order valence-electron chi connectivity index (χ4n) is 2.45. The molecule has 29 heavy (non-hydrogen) atoms. The molecule has 0 unspecified atom stereocenters.